The van der Waals surface area contributed by atoms with E-state index < -0.39 is 0 Å². The van der Waals surface area contributed by atoms with E-state index in [2.05, 4.69) is 42.8 Å². The minimum atomic E-state index is -0.160. The normalized spacial score (nSPS) is 17.4. The second kappa shape index (κ2) is 10.3. The van der Waals surface area contributed by atoms with Gasteiger partial charge in [0.1, 0.15) is 0 Å². The molecule has 2 aliphatic rings. The predicted molar refractivity (Wildman–Crippen MR) is 138 cm³/mol. The number of hydrogen-bond acceptors (Lipinski definition) is 3. The number of anilines is 1. The Morgan fingerprint density at radius 3 is 2.18 bits per heavy atom. The second-order valence-electron chi connectivity index (χ2n) is 10.9. The van der Waals surface area contributed by atoms with Crippen LogP contribution in [0.5, 0.6) is 0 Å². The summed E-state index contributed by atoms with van der Waals surface area (Å²) in [6.07, 6.45) is 5.46. The molecule has 0 aromatic heterocycles. The standard InChI is InChI=1S/C29H39N3O2/c1-5-17-31-18-15-26(16-19-31)32(25-13-14-25)28(34)22-7-6-8-24(20-22)30-27(33)21-9-11-23(12-10-21)29(2,3)4/h6-12,20,25-26H,5,13-19H2,1-4H3,(H,30,33). The summed E-state index contributed by atoms with van der Waals surface area (Å²) < 4.78 is 0. The van der Waals surface area contributed by atoms with Gasteiger partial charge in [-0.15, -0.1) is 0 Å². The Balaban J connectivity index is 1.44. The number of piperidine rings is 1. The topological polar surface area (TPSA) is 52.6 Å². The van der Waals surface area contributed by atoms with E-state index in [-0.39, 0.29) is 17.2 Å². The third-order valence-electron chi connectivity index (χ3n) is 7.05. The van der Waals surface area contributed by atoms with Crippen LogP contribution < -0.4 is 5.32 Å². The Kier molecular flexibility index (Phi) is 7.42. The number of amides is 2. The fourth-order valence-corrected chi connectivity index (χ4v) is 4.92. The van der Waals surface area contributed by atoms with Crippen LogP contribution in [0.3, 0.4) is 0 Å². The first-order chi connectivity index (χ1) is 16.3. The van der Waals surface area contributed by atoms with Crippen LogP contribution in [0.25, 0.3) is 0 Å². The molecule has 2 fully saturated rings. The number of carbonyl (C=O) groups is 2. The fourth-order valence-electron chi connectivity index (χ4n) is 4.92. The average molecular weight is 462 g/mol. The van der Waals surface area contributed by atoms with E-state index in [0.717, 1.165) is 45.3 Å². The van der Waals surface area contributed by atoms with Crippen molar-refractivity contribution in [1.82, 2.24) is 9.80 Å². The molecule has 0 spiro atoms. The molecule has 182 valence electrons. The highest BCUT2D eigenvalue weighted by Gasteiger charge is 2.38. The number of nitrogens with one attached hydrogen (secondary N) is 1. The Morgan fingerprint density at radius 1 is 0.941 bits per heavy atom. The second-order valence-corrected chi connectivity index (χ2v) is 10.9. The first kappa shape index (κ1) is 24.5. The Morgan fingerprint density at radius 2 is 1.59 bits per heavy atom. The summed E-state index contributed by atoms with van der Waals surface area (Å²) in [7, 11) is 0. The van der Waals surface area contributed by atoms with Crippen LogP contribution in [0.4, 0.5) is 5.69 Å². The van der Waals surface area contributed by atoms with Gasteiger partial charge < -0.3 is 15.1 Å². The maximum Gasteiger partial charge on any atom is 0.255 e. The summed E-state index contributed by atoms with van der Waals surface area (Å²) in [5.74, 6) is -0.0607. The SMILES string of the molecule is CCCN1CCC(N(C(=O)c2cccc(NC(=O)c3ccc(C(C)(C)C)cc3)c2)C2CC2)CC1. The van der Waals surface area contributed by atoms with E-state index >= 15 is 0 Å². The largest absolute Gasteiger partial charge is 0.333 e. The molecule has 1 aliphatic carbocycles. The van der Waals surface area contributed by atoms with Crippen molar-refractivity contribution < 1.29 is 9.59 Å². The van der Waals surface area contributed by atoms with Gasteiger partial charge in [-0.3, -0.25) is 9.59 Å². The van der Waals surface area contributed by atoms with E-state index in [4.69, 9.17) is 0 Å². The first-order valence-corrected chi connectivity index (χ1v) is 12.8. The molecule has 2 aromatic carbocycles. The lowest BCUT2D eigenvalue weighted by molar-refractivity contribution is 0.0549. The summed E-state index contributed by atoms with van der Waals surface area (Å²) in [4.78, 5) is 31.1. The van der Waals surface area contributed by atoms with Crippen molar-refractivity contribution in [3.05, 3.63) is 65.2 Å². The van der Waals surface area contributed by atoms with Gasteiger partial charge in [-0.1, -0.05) is 45.9 Å². The van der Waals surface area contributed by atoms with Gasteiger partial charge in [-0.05, 0) is 80.0 Å². The monoisotopic (exact) mass is 461 g/mol. The van der Waals surface area contributed by atoms with Crippen molar-refractivity contribution in [2.24, 2.45) is 0 Å². The molecule has 2 amide bonds. The molecular weight excluding hydrogens is 422 g/mol. The van der Waals surface area contributed by atoms with Crippen molar-refractivity contribution in [2.45, 2.75) is 77.3 Å². The van der Waals surface area contributed by atoms with Gasteiger partial charge in [-0.25, -0.2) is 0 Å². The van der Waals surface area contributed by atoms with Gasteiger partial charge >= 0.3 is 0 Å². The molecule has 5 nitrogen and oxygen atoms in total. The highest BCUT2D eigenvalue weighted by molar-refractivity contribution is 6.05. The van der Waals surface area contributed by atoms with Crippen molar-refractivity contribution in [1.29, 1.82) is 0 Å². The molecule has 4 rings (SSSR count). The quantitative estimate of drug-likeness (QED) is 0.574. The zero-order chi connectivity index (χ0) is 24.3. The van der Waals surface area contributed by atoms with E-state index in [0.29, 0.717) is 28.9 Å². The molecule has 0 unspecified atom stereocenters. The van der Waals surface area contributed by atoms with Crippen LogP contribution in [-0.4, -0.2) is 53.3 Å². The molecule has 34 heavy (non-hydrogen) atoms. The van der Waals surface area contributed by atoms with Crippen molar-refractivity contribution in [2.75, 3.05) is 25.0 Å². The molecular formula is C29H39N3O2. The summed E-state index contributed by atoms with van der Waals surface area (Å²) in [6, 6.07) is 15.8. The molecule has 0 bridgehead atoms. The van der Waals surface area contributed by atoms with E-state index in [9.17, 15) is 9.59 Å². The lowest BCUT2D eigenvalue weighted by Gasteiger charge is -2.39. The number of benzene rings is 2. The molecule has 1 saturated heterocycles. The van der Waals surface area contributed by atoms with Crippen LogP contribution >= 0.6 is 0 Å². The van der Waals surface area contributed by atoms with E-state index in [1.165, 1.54) is 12.0 Å². The summed E-state index contributed by atoms with van der Waals surface area (Å²) in [5, 5.41) is 2.98. The molecule has 5 heteroatoms. The fraction of sp³-hybridized carbons (Fsp3) is 0.517. The van der Waals surface area contributed by atoms with Crippen molar-refractivity contribution >= 4 is 17.5 Å². The molecule has 1 heterocycles. The molecule has 1 saturated carbocycles. The smallest absolute Gasteiger partial charge is 0.255 e. The number of likely N-dealkylation sites (tertiary alicyclic amines) is 1. The van der Waals surface area contributed by atoms with Gasteiger partial charge in [0, 0.05) is 42.0 Å². The molecule has 2 aromatic rings. The zero-order valence-electron chi connectivity index (χ0n) is 21.1. The van der Waals surface area contributed by atoms with E-state index in [1.54, 1.807) is 0 Å². The summed E-state index contributed by atoms with van der Waals surface area (Å²) >= 11 is 0. The minimum Gasteiger partial charge on any atom is -0.333 e. The van der Waals surface area contributed by atoms with Gasteiger partial charge in [0.05, 0.1) is 0 Å². The van der Waals surface area contributed by atoms with Gasteiger partial charge in [0.25, 0.3) is 11.8 Å². The number of carbonyl (C=O) groups excluding carboxylic acids is 2. The maximum atomic E-state index is 13.6. The van der Waals surface area contributed by atoms with Gasteiger partial charge in [0.2, 0.25) is 0 Å². The Hall–Kier alpha value is -2.66. The maximum absolute atomic E-state index is 13.6. The third kappa shape index (κ3) is 5.87. The Labute approximate surface area is 204 Å². The third-order valence-corrected chi connectivity index (χ3v) is 7.05. The highest BCUT2D eigenvalue weighted by atomic mass is 16.2. The number of nitrogens with zero attached hydrogens (tertiary/aromatic N) is 2. The average Bonchev–Trinajstić information content (AvgIpc) is 3.65. The van der Waals surface area contributed by atoms with Crippen molar-refractivity contribution in [3.63, 3.8) is 0 Å². The minimum absolute atomic E-state index is 0.0454. The highest BCUT2D eigenvalue weighted by Crippen LogP contribution is 2.33. The first-order valence-electron chi connectivity index (χ1n) is 12.8. The predicted octanol–water partition coefficient (Wildman–Crippen LogP) is 5.72. The van der Waals surface area contributed by atoms with Crippen LogP contribution in [0.1, 0.15) is 86.1 Å². The summed E-state index contributed by atoms with van der Waals surface area (Å²) in [6.45, 7) is 12.0. The van der Waals surface area contributed by atoms with Gasteiger partial charge in [0.15, 0.2) is 0 Å². The van der Waals surface area contributed by atoms with Gasteiger partial charge in [-0.2, -0.15) is 0 Å². The van der Waals surface area contributed by atoms with Crippen LogP contribution in [-0.2, 0) is 5.41 Å². The van der Waals surface area contributed by atoms with Crippen LogP contribution in [0.15, 0.2) is 48.5 Å². The molecule has 1 N–H and O–H groups in total. The number of hydrogen-bond donors (Lipinski definition) is 1. The molecule has 0 radical (unpaired) electrons. The summed E-state index contributed by atoms with van der Waals surface area (Å²) in [5.41, 5.74) is 3.16. The van der Waals surface area contributed by atoms with Crippen LogP contribution in [0, 0.1) is 0 Å². The Bertz CT molecular complexity index is 997. The van der Waals surface area contributed by atoms with E-state index in [1.807, 2.05) is 48.5 Å². The lowest BCUT2D eigenvalue weighted by atomic mass is 9.87. The van der Waals surface area contributed by atoms with Crippen LogP contribution in [0.2, 0.25) is 0 Å². The molecule has 1 aliphatic heterocycles. The lowest BCUT2D eigenvalue weighted by Crippen LogP contribution is -2.48. The number of rotatable bonds is 7. The molecule has 0 atom stereocenters. The van der Waals surface area contributed by atoms with Crippen molar-refractivity contribution in [3.8, 4) is 0 Å². The zero-order valence-corrected chi connectivity index (χ0v) is 21.1.